The van der Waals surface area contributed by atoms with Gasteiger partial charge in [0.2, 0.25) is 5.91 Å². The predicted molar refractivity (Wildman–Crippen MR) is 88.1 cm³/mol. The van der Waals surface area contributed by atoms with E-state index in [1.54, 1.807) is 50.6 Å². The van der Waals surface area contributed by atoms with Crippen molar-refractivity contribution in [2.45, 2.75) is 0 Å². The minimum Gasteiger partial charge on any atom is -0.493 e. The molecule has 2 aromatic carbocycles. The number of nitrogens with one attached hydrogen (secondary N) is 2. The number of hydrogen-bond acceptors (Lipinski definition) is 4. The summed E-state index contributed by atoms with van der Waals surface area (Å²) in [6.45, 7) is 0.127. The summed E-state index contributed by atoms with van der Waals surface area (Å²) < 4.78 is 10.4. The molecule has 0 heterocycles. The van der Waals surface area contributed by atoms with E-state index < -0.39 is 0 Å². The fraction of sp³-hybridized carbons (Fsp3) is 0.188. The number of benzene rings is 2. The quantitative estimate of drug-likeness (QED) is 0.856. The molecular weight excluding hydrogens is 304 g/mol. The molecule has 22 heavy (non-hydrogen) atoms. The van der Waals surface area contributed by atoms with E-state index >= 15 is 0 Å². The summed E-state index contributed by atoms with van der Waals surface area (Å²) >= 11 is 5.87. The Morgan fingerprint density at radius 3 is 2.50 bits per heavy atom. The van der Waals surface area contributed by atoms with Crippen molar-refractivity contribution in [3.8, 4) is 11.5 Å². The van der Waals surface area contributed by atoms with Crippen LogP contribution >= 0.6 is 11.6 Å². The molecule has 0 atom stereocenters. The van der Waals surface area contributed by atoms with E-state index in [4.69, 9.17) is 21.1 Å². The van der Waals surface area contributed by atoms with E-state index in [0.717, 1.165) is 5.69 Å². The van der Waals surface area contributed by atoms with Crippen molar-refractivity contribution < 1.29 is 14.3 Å². The van der Waals surface area contributed by atoms with Gasteiger partial charge >= 0.3 is 0 Å². The summed E-state index contributed by atoms with van der Waals surface area (Å²) in [6, 6.07) is 12.4. The molecule has 0 radical (unpaired) electrons. The van der Waals surface area contributed by atoms with E-state index in [0.29, 0.717) is 22.2 Å². The van der Waals surface area contributed by atoms with Gasteiger partial charge in [0.15, 0.2) is 11.5 Å². The molecule has 5 nitrogen and oxygen atoms in total. The van der Waals surface area contributed by atoms with E-state index in [9.17, 15) is 4.79 Å². The Balaban J connectivity index is 1.93. The van der Waals surface area contributed by atoms with Crippen LogP contribution in [0.1, 0.15) is 0 Å². The van der Waals surface area contributed by atoms with Crippen LogP contribution in [0.2, 0.25) is 5.02 Å². The predicted octanol–water partition coefficient (Wildman–Crippen LogP) is 3.41. The van der Waals surface area contributed by atoms with Gasteiger partial charge in [0.1, 0.15) is 0 Å². The summed E-state index contributed by atoms with van der Waals surface area (Å²) in [7, 11) is 3.14. The standard InChI is InChI=1S/C16H17ClN2O3/c1-21-14-7-6-12(9-15(14)22-2)18-10-16(20)19-13-5-3-4-11(17)8-13/h3-9,18H,10H2,1-2H3,(H,19,20). The number of ether oxygens (including phenoxy) is 2. The molecule has 0 unspecified atom stereocenters. The highest BCUT2D eigenvalue weighted by Crippen LogP contribution is 2.29. The van der Waals surface area contributed by atoms with Gasteiger partial charge in [-0.25, -0.2) is 0 Å². The Kier molecular flexibility index (Phi) is 5.49. The van der Waals surface area contributed by atoms with Gasteiger partial charge in [-0.2, -0.15) is 0 Å². The Hall–Kier alpha value is -2.40. The van der Waals surface area contributed by atoms with Gasteiger partial charge in [0.25, 0.3) is 0 Å². The summed E-state index contributed by atoms with van der Waals surface area (Å²) in [6.07, 6.45) is 0. The lowest BCUT2D eigenvalue weighted by Crippen LogP contribution is -2.21. The van der Waals surface area contributed by atoms with E-state index in [2.05, 4.69) is 10.6 Å². The molecule has 2 rings (SSSR count). The van der Waals surface area contributed by atoms with Gasteiger partial charge in [0, 0.05) is 22.5 Å². The number of methoxy groups -OCH3 is 2. The van der Waals surface area contributed by atoms with Crippen molar-refractivity contribution in [3.63, 3.8) is 0 Å². The molecule has 0 aliphatic rings. The van der Waals surface area contributed by atoms with Gasteiger partial charge in [-0.15, -0.1) is 0 Å². The summed E-state index contributed by atoms with van der Waals surface area (Å²) in [5.74, 6) is 1.07. The lowest BCUT2D eigenvalue weighted by Gasteiger charge is -2.11. The number of halogens is 1. The molecule has 0 fully saturated rings. The Bertz CT molecular complexity index is 662. The second kappa shape index (κ2) is 7.56. The van der Waals surface area contributed by atoms with Crippen molar-refractivity contribution in [1.82, 2.24) is 0 Å². The second-order valence-electron chi connectivity index (χ2n) is 4.48. The SMILES string of the molecule is COc1ccc(NCC(=O)Nc2cccc(Cl)c2)cc1OC. The van der Waals surface area contributed by atoms with Gasteiger partial charge in [-0.3, -0.25) is 4.79 Å². The zero-order chi connectivity index (χ0) is 15.9. The first kappa shape index (κ1) is 16.0. The first-order chi connectivity index (χ1) is 10.6. The lowest BCUT2D eigenvalue weighted by atomic mass is 10.2. The van der Waals surface area contributed by atoms with Gasteiger partial charge in [-0.1, -0.05) is 17.7 Å². The highest BCUT2D eigenvalue weighted by molar-refractivity contribution is 6.30. The van der Waals surface area contributed by atoms with Gasteiger partial charge in [0.05, 0.1) is 20.8 Å². The Morgan fingerprint density at radius 1 is 1.05 bits per heavy atom. The number of carbonyl (C=O) groups excluding carboxylic acids is 1. The minimum atomic E-state index is -0.169. The maximum atomic E-state index is 11.9. The third kappa shape index (κ3) is 4.30. The van der Waals surface area contributed by atoms with E-state index in [-0.39, 0.29) is 12.5 Å². The molecule has 0 saturated heterocycles. The van der Waals surface area contributed by atoms with Gasteiger partial charge in [-0.05, 0) is 30.3 Å². The van der Waals surface area contributed by atoms with Crippen LogP contribution in [-0.2, 0) is 4.79 Å². The van der Waals surface area contributed by atoms with Crippen LogP contribution in [0.15, 0.2) is 42.5 Å². The van der Waals surface area contributed by atoms with E-state index in [1.165, 1.54) is 0 Å². The third-order valence-corrected chi connectivity index (χ3v) is 3.18. The molecule has 6 heteroatoms. The number of anilines is 2. The zero-order valence-electron chi connectivity index (χ0n) is 12.4. The van der Waals surface area contributed by atoms with Crippen molar-refractivity contribution in [3.05, 3.63) is 47.5 Å². The van der Waals surface area contributed by atoms with Crippen LogP contribution in [0, 0.1) is 0 Å². The van der Waals surface area contributed by atoms with Crippen LogP contribution in [0.5, 0.6) is 11.5 Å². The molecule has 1 amide bonds. The molecule has 0 aliphatic heterocycles. The molecule has 116 valence electrons. The van der Waals surface area contributed by atoms with Crippen LogP contribution in [-0.4, -0.2) is 26.7 Å². The van der Waals surface area contributed by atoms with Crippen molar-refractivity contribution >= 4 is 28.9 Å². The fourth-order valence-corrected chi connectivity index (χ4v) is 2.09. The van der Waals surface area contributed by atoms with Gasteiger partial charge < -0.3 is 20.1 Å². The fourth-order valence-electron chi connectivity index (χ4n) is 1.90. The number of amides is 1. The summed E-state index contributed by atoms with van der Waals surface area (Å²) in [4.78, 5) is 11.9. The van der Waals surface area contributed by atoms with E-state index in [1.807, 2.05) is 6.07 Å². The van der Waals surface area contributed by atoms with Crippen molar-refractivity contribution in [2.75, 3.05) is 31.4 Å². The minimum absolute atomic E-state index is 0.127. The van der Waals surface area contributed by atoms with Crippen LogP contribution < -0.4 is 20.1 Å². The molecule has 0 aliphatic carbocycles. The topological polar surface area (TPSA) is 59.6 Å². The van der Waals surface area contributed by atoms with Crippen LogP contribution in [0.4, 0.5) is 11.4 Å². The average molecular weight is 321 g/mol. The molecule has 0 aromatic heterocycles. The normalized spacial score (nSPS) is 9.95. The zero-order valence-corrected chi connectivity index (χ0v) is 13.1. The number of rotatable bonds is 6. The lowest BCUT2D eigenvalue weighted by molar-refractivity contribution is -0.114. The average Bonchev–Trinajstić information content (AvgIpc) is 2.52. The monoisotopic (exact) mass is 320 g/mol. The van der Waals surface area contributed by atoms with Crippen LogP contribution in [0.3, 0.4) is 0 Å². The second-order valence-corrected chi connectivity index (χ2v) is 4.92. The number of hydrogen-bond donors (Lipinski definition) is 2. The third-order valence-electron chi connectivity index (χ3n) is 2.94. The summed E-state index contributed by atoms with van der Waals surface area (Å²) in [5, 5.41) is 6.36. The molecular formula is C16H17ClN2O3. The highest BCUT2D eigenvalue weighted by Gasteiger charge is 2.06. The Morgan fingerprint density at radius 2 is 1.82 bits per heavy atom. The maximum absolute atomic E-state index is 11.9. The molecule has 2 N–H and O–H groups in total. The first-order valence-electron chi connectivity index (χ1n) is 6.63. The number of carbonyl (C=O) groups is 1. The van der Waals surface area contributed by atoms with Crippen molar-refractivity contribution in [2.24, 2.45) is 0 Å². The smallest absolute Gasteiger partial charge is 0.243 e. The molecule has 0 spiro atoms. The molecule has 2 aromatic rings. The maximum Gasteiger partial charge on any atom is 0.243 e. The first-order valence-corrected chi connectivity index (χ1v) is 7.01. The summed E-state index contributed by atoms with van der Waals surface area (Å²) in [5.41, 5.74) is 1.42. The van der Waals surface area contributed by atoms with Crippen molar-refractivity contribution in [1.29, 1.82) is 0 Å². The molecule has 0 saturated carbocycles. The molecule has 0 bridgehead atoms. The van der Waals surface area contributed by atoms with Crippen LogP contribution in [0.25, 0.3) is 0 Å². The largest absolute Gasteiger partial charge is 0.493 e. The highest BCUT2D eigenvalue weighted by atomic mass is 35.5. The Labute approximate surface area is 134 Å².